The summed E-state index contributed by atoms with van der Waals surface area (Å²) in [6.45, 7) is 6.13. The summed E-state index contributed by atoms with van der Waals surface area (Å²) in [5.74, 6) is -0.519. The number of hydrogen-bond donors (Lipinski definition) is 3. The van der Waals surface area contributed by atoms with Gasteiger partial charge in [0.25, 0.3) is 0 Å². The Morgan fingerprint density at radius 3 is 2.35 bits per heavy atom. The van der Waals surface area contributed by atoms with Crippen molar-refractivity contribution < 1.29 is 9.59 Å². The van der Waals surface area contributed by atoms with E-state index in [-0.39, 0.29) is 24.3 Å². The molecule has 0 fully saturated rings. The molecule has 0 spiro atoms. The summed E-state index contributed by atoms with van der Waals surface area (Å²) in [6, 6.07) is 15.8. The average molecular weight is 353 g/mol. The highest BCUT2D eigenvalue weighted by atomic mass is 16.2. The molecular weight excluding hydrogens is 326 g/mol. The SMILES string of the molecule is Cc1ccc(-c2cccc(CNC(=O)CNC(=O)[C@@H](N)C(C)C)c2)cc1. The van der Waals surface area contributed by atoms with Crippen molar-refractivity contribution in [2.45, 2.75) is 33.4 Å². The van der Waals surface area contributed by atoms with Crippen molar-refractivity contribution in [2.24, 2.45) is 11.7 Å². The fourth-order valence-corrected chi connectivity index (χ4v) is 2.46. The maximum atomic E-state index is 11.9. The van der Waals surface area contributed by atoms with Gasteiger partial charge in [-0.2, -0.15) is 0 Å². The molecule has 2 rings (SSSR count). The summed E-state index contributed by atoms with van der Waals surface area (Å²) in [6.07, 6.45) is 0. The third-order valence-corrected chi connectivity index (χ3v) is 4.25. The number of rotatable bonds is 7. The van der Waals surface area contributed by atoms with Crippen LogP contribution < -0.4 is 16.4 Å². The van der Waals surface area contributed by atoms with Crippen molar-refractivity contribution >= 4 is 11.8 Å². The van der Waals surface area contributed by atoms with Crippen LogP contribution in [-0.2, 0) is 16.1 Å². The minimum absolute atomic E-state index is 0.0302. The number of aryl methyl sites for hydroxylation is 1. The third-order valence-electron chi connectivity index (χ3n) is 4.25. The highest BCUT2D eigenvalue weighted by Crippen LogP contribution is 2.20. The summed E-state index contributed by atoms with van der Waals surface area (Å²) in [4.78, 5) is 23.7. The number of benzene rings is 2. The maximum Gasteiger partial charge on any atom is 0.239 e. The van der Waals surface area contributed by atoms with Gasteiger partial charge >= 0.3 is 0 Å². The average Bonchev–Trinajstić information content (AvgIpc) is 2.64. The Morgan fingerprint density at radius 1 is 1.00 bits per heavy atom. The zero-order chi connectivity index (χ0) is 19.1. The molecular formula is C21H27N3O2. The number of hydrogen-bond acceptors (Lipinski definition) is 3. The largest absolute Gasteiger partial charge is 0.350 e. The van der Waals surface area contributed by atoms with Crippen LogP contribution in [0.5, 0.6) is 0 Å². The van der Waals surface area contributed by atoms with Gasteiger partial charge < -0.3 is 16.4 Å². The van der Waals surface area contributed by atoms with Gasteiger partial charge in [0.2, 0.25) is 11.8 Å². The van der Waals surface area contributed by atoms with Crippen LogP contribution in [0.1, 0.15) is 25.0 Å². The molecule has 0 aliphatic rings. The van der Waals surface area contributed by atoms with Crippen LogP contribution in [0, 0.1) is 12.8 Å². The molecule has 0 aromatic heterocycles. The smallest absolute Gasteiger partial charge is 0.239 e. The quantitative estimate of drug-likeness (QED) is 0.714. The number of carbonyl (C=O) groups is 2. The molecule has 138 valence electrons. The highest BCUT2D eigenvalue weighted by molar-refractivity contribution is 5.87. The van der Waals surface area contributed by atoms with Gasteiger partial charge in [-0.15, -0.1) is 0 Å². The zero-order valence-corrected chi connectivity index (χ0v) is 15.6. The zero-order valence-electron chi connectivity index (χ0n) is 15.6. The Bertz CT molecular complexity index is 754. The molecule has 0 heterocycles. The van der Waals surface area contributed by atoms with Crippen molar-refractivity contribution in [2.75, 3.05) is 6.54 Å². The summed E-state index contributed by atoms with van der Waals surface area (Å²) in [5, 5.41) is 5.38. The van der Waals surface area contributed by atoms with Gasteiger partial charge in [0.1, 0.15) is 0 Å². The molecule has 0 bridgehead atoms. The Balaban J connectivity index is 1.87. The molecule has 0 saturated heterocycles. The normalized spacial score (nSPS) is 11.9. The van der Waals surface area contributed by atoms with Gasteiger partial charge in [-0.25, -0.2) is 0 Å². The minimum Gasteiger partial charge on any atom is -0.350 e. The molecule has 4 N–H and O–H groups in total. The van der Waals surface area contributed by atoms with Gasteiger partial charge in [-0.3, -0.25) is 9.59 Å². The first-order valence-corrected chi connectivity index (χ1v) is 8.83. The van der Waals surface area contributed by atoms with Crippen molar-refractivity contribution in [3.63, 3.8) is 0 Å². The third kappa shape index (κ3) is 5.70. The standard InChI is InChI=1S/C21H27N3O2/c1-14(2)20(22)21(26)24-13-19(25)23-12-16-5-4-6-18(11-16)17-9-7-15(3)8-10-17/h4-11,14,20H,12-13,22H2,1-3H3,(H,23,25)(H,24,26)/t20-/m0/s1. The van der Waals surface area contributed by atoms with Crippen LogP contribution >= 0.6 is 0 Å². The predicted molar refractivity (Wildman–Crippen MR) is 104 cm³/mol. The lowest BCUT2D eigenvalue weighted by molar-refractivity contribution is -0.127. The second-order valence-corrected chi connectivity index (χ2v) is 6.83. The van der Waals surface area contributed by atoms with Crippen molar-refractivity contribution in [1.82, 2.24) is 10.6 Å². The Labute approximate surface area is 155 Å². The lowest BCUT2D eigenvalue weighted by atomic mass is 10.0. The Morgan fingerprint density at radius 2 is 1.69 bits per heavy atom. The number of carbonyl (C=O) groups excluding carboxylic acids is 2. The summed E-state index contributed by atoms with van der Waals surface area (Å²) in [7, 11) is 0. The second-order valence-electron chi connectivity index (χ2n) is 6.83. The number of nitrogens with two attached hydrogens (primary N) is 1. The first kappa shape index (κ1) is 19.7. The van der Waals surface area contributed by atoms with E-state index in [1.54, 1.807) is 0 Å². The van der Waals surface area contributed by atoms with Crippen LogP contribution in [0.2, 0.25) is 0 Å². The van der Waals surface area contributed by atoms with E-state index in [2.05, 4.69) is 47.9 Å². The van der Waals surface area contributed by atoms with Gasteiger partial charge in [0.05, 0.1) is 12.6 Å². The van der Waals surface area contributed by atoms with Crippen LogP contribution in [-0.4, -0.2) is 24.4 Å². The molecule has 0 saturated carbocycles. The molecule has 1 atom stereocenters. The van der Waals surface area contributed by atoms with Crippen molar-refractivity contribution in [3.05, 3.63) is 59.7 Å². The highest BCUT2D eigenvalue weighted by Gasteiger charge is 2.17. The van der Waals surface area contributed by atoms with Crippen LogP contribution in [0.25, 0.3) is 11.1 Å². The van der Waals surface area contributed by atoms with Gasteiger partial charge in [0.15, 0.2) is 0 Å². The predicted octanol–water partition coefficient (Wildman–Crippen LogP) is 2.38. The van der Waals surface area contributed by atoms with Gasteiger partial charge in [-0.1, -0.05) is 61.9 Å². The van der Waals surface area contributed by atoms with E-state index in [9.17, 15) is 9.59 Å². The summed E-state index contributed by atoms with van der Waals surface area (Å²) >= 11 is 0. The number of amides is 2. The fourth-order valence-electron chi connectivity index (χ4n) is 2.46. The topological polar surface area (TPSA) is 84.2 Å². The fraction of sp³-hybridized carbons (Fsp3) is 0.333. The second kappa shape index (κ2) is 9.15. The van der Waals surface area contributed by atoms with Gasteiger partial charge in [-0.05, 0) is 35.6 Å². The van der Waals surface area contributed by atoms with E-state index in [1.165, 1.54) is 5.56 Å². The molecule has 0 aliphatic carbocycles. The molecule has 5 nitrogen and oxygen atoms in total. The van der Waals surface area contributed by atoms with Crippen molar-refractivity contribution in [1.29, 1.82) is 0 Å². The lowest BCUT2D eigenvalue weighted by Gasteiger charge is -2.15. The monoisotopic (exact) mass is 353 g/mol. The minimum atomic E-state index is -0.603. The van der Waals surface area contributed by atoms with E-state index >= 15 is 0 Å². The first-order chi connectivity index (χ1) is 12.4. The Hall–Kier alpha value is -2.66. The van der Waals surface area contributed by atoms with Crippen LogP contribution in [0.4, 0.5) is 0 Å². The lowest BCUT2D eigenvalue weighted by Crippen LogP contribution is -2.47. The molecule has 5 heteroatoms. The van der Waals surface area contributed by atoms with Crippen LogP contribution in [0.15, 0.2) is 48.5 Å². The van der Waals surface area contributed by atoms with Crippen LogP contribution in [0.3, 0.4) is 0 Å². The maximum absolute atomic E-state index is 11.9. The molecule has 2 aromatic carbocycles. The molecule has 0 aliphatic heterocycles. The van der Waals surface area contributed by atoms with E-state index < -0.39 is 6.04 Å². The van der Waals surface area contributed by atoms with E-state index in [0.29, 0.717) is 6.54 Å². The molecule has 0 radical (unpaired) electrons. The molecule has 2 amide bonds. The Kier molecular flexibility index (Phi) is 6.92. The van der Waals surface area contributed by atoms with E-state index in [4.69, 9.17) is 5.73 Å². The van der Waals surface area contributed by atoms with Crippen molar-refractivity contribution in [3.8, 4) is 11.1 Å². The van der Waals surface area contributed by atoms with E-state index in [1.807, 2.05) is 32.0 Å². The summed E-state index contributed by atoms with van der Waals surface area (Å²) < 4.78 is 0. The molecule has 2 aromatic rings. The first-order valence-electron chi connectivity index (χ1n) is 8.83. The number of nitrogens with one attached hydrogen (secondary N) is 2. The van der Waals surface area contributed by atoms with E-state index in [0.717, 1.165) is 16.7 Å². The molecule has 26 heavy (non-hydrogen) atoms. The van der Waals surface area contributed by atoms with Gasteiger partial charge in [0, 0.05) is 6.54 Å². The summed E-state index contributed by atoms with van der Waals surface area (Å²) in [5.41, 5.74) is 10.2. The molecule has 0 unspecified atom stereocenters.